The molecule has 4 nitrogen and oxygen atoms in total. The summed E-state index contributed by atoms with van der Waals surface area (Å²) in [5.74, 6) is 0.388. The van der Waals surface area contributed by atoms with E-state index in [1.807, 2.05) is 6.08 Å². The zero-order valence-electron chi connectivity index (χ0n) is 17.0. The largest absolute Gasteiger partial charge is 0.348 e. The Morgan fingerprint density at radius 1 is 1.00 bits per heavy atom. The maximum absolute atomic E-state index is 12.4. The van der Waals surface area contributed by atoms with Crippen LogP contribution in [0.3, 0.4) is 0 Å². The van der Waals surface area contributed by atoms with E-state index in [2.05, 4.69) is 83.2 Å². The summed E-state index contributed by atoms with van der Waals surface area (Å²) in [7, 11) is 0. The molecule has 2 aliphatic rings. The van der Waals surface area contributed by atoms with Crippen molar-refractivity contribution in [2.45, 2.75) is 26.3 Å². The van der Waals surface area contributed by atoms with Crippen LogP contribution in [0.5, 0.6) is 0 Å². The lowest BCUT2D eigenvalue weighted by atomic mass is 10.0. The molecule has 1 saturated heterocycles. The molecule has 2 aliphatic heterocycles. The van der Waals surface area contributed by atoms with Gasteiger partial charge < -0.3 is 4.90 Å². The molecule has 5 heteroatoms. The number of hydrogen-bond acceptors (Lipinski definition) is 4. The molecule has 2 aromatic rings. The topological polar surface area (TPSA) is 35.9 Å². The Labute approximate surface area is 177 Å². The normalized spacial score (nSPS) is 19.3. The number of rotatable bonds is 4. The summed E-state index contributed by atoms with van der Waals surface area (Å²) in [5.41, 5.74) is 3.70. The quantitative estimate of drug-likeness (QED) is 0.697. The highest BCUT2D eigenvalue weighted by molar-refractivity contribution is 8.18. The monoisotopic (exact) mass is 405 g/mol. The van der Waals surface area contributed by atoms with Crippen molar-refractivity contribution in [2.75, 3.05) is 26.2 Å². The van der Waals surface area contributed by atoms with Crippen LogP contribution in [0.15, 0.2) is 64.5 Å². The van der Waals surface area contributed by atoms with Gasteiger partial charge in [0, 0.05) is 32.7 Å². The lowest BCUT2D eigenvalue weighted by Gasteiger charge is -2.35. The smallest absolute Gasteiger partial charge is 0.286 e. The molecule has 0 aliphatic carbocycles. The first kappa shape index (κ1) is 19.9. The standard InChI is InChI=1S/C24H27N3OS/c1-18(2)21-10-8-19(9-11-21)16-22-23(28)25-24(29-22)27-14-12-26(13-15-27)17-20-6-4-3-5-7-20/h3-11,16,18H,12-15,17H2,1-2H3. The van der Waals surface area contributed by atoms with Crippen LogP contribution in [0, 0.1) is 0 Å². The summed E-state index contributed by atoms with van der Waals surface area (Å²) in [4.78, 5) is 22.1. The van der Waals surface area contributed by atoms with Gasteiger partial charge in [-0.1, -0.05) is 68.4 Å². The van der Waals surface area contributed by atoms with Crippen LogP contribution in [0.4, 0.5) is 0 Å². The summed E-state index contributed by atoms with van der Waals surface area (Å²) >= 11 is 1.50. The van der Waals surface area contributed by atoms with Gasteiger partial charge in [0.15, 0.2) is 5.17 Å². The van der Waals surface area contributed by atoms with Gasteiger partial charge in [0.25, 0.3) is 5.91 Å². The zero-order chi connectivity index (χ0) is 20.2. The Morgan fingerprint density at radius 3 is 2.34 bits per heavy atom. The van der Waals surface area contributed by atoms with Crippen LogP contribution >= 0.6 is 11.8 Å². The van der Waals surface area contributed by atoms with E-state index >= 15 is 0 Å². The predicted octanol–water partition coefficient (Wildman–Crippen LogP) is 4.60. The van der Waals surface area contributed by atoms with Crippen molar-refractivity contribution in [2.24, 2.45) is 4.99 Å². The molecule has 2 heterocycles. The van der Waals surface area contributed by atoms with E-state index in [-0.39, 0.29) is 5.91 Å². The van der Waals surface area contributed by atoms with E-state index in [0.29, 0.717) is 10.8 Å². The molecule has 150 valence electrons. The highest BCUT2D eigenvalue weighted by Gasteiger charge is 2.28. The van der Waals surface area contributed by atoms with Crippen LogP contribution in [0.2, 0.25) is 0 Å². The molecule has 0 aromatic heterocycles. The number of piperazine rings is 1. The van der Waals surface area contributed by atoms with E-state index in [9.17, 15) is 4.79 Å². The van der Waals surface area contributed by atoms with Gasteiger partial charge in [-0.2, -0.15) is 4.99 Å². The third kappa shape index (κ3) is 4.98. The van der Waals surface area contributed by atoms with Crippen LogP contribution in [0.25, 0.3) is 6.08 Å². The number of carbonyl (C=O) groups excluding carboxylic acids is 1. The Kier molecular flexibility index (Phi) is 6.16. The summed E-state index contributed by atoms with van der Waals surface area (Å²) in [6, 6.07) is 19.0. The molecule has 4 rings (SSSR count). The first-order valence-electron chi connectivity index (χ1n) is 10.2. The second-order valence-corrected chi connectivity index (χ2v) is 8.89. The summed E-state index contributed by atoms with van der Waals surface area (Å²) in [5, 5.41) is 0.847. The summed E-state index contributed by atoms with van der Waals surface area (Å²) in [6.07, 6.45) is 1.96. The average Bonchev–Trinajstić information content (AvgIpc) is 3.10. The molecule has 0 radical (unpaired) electrons. The minimum Gasteiger partial charge on any atom is -0.348 e. The fraction of sp³-hybridized carbons (Fsp3) is 0.333. The molecule has 1 amide bonds. The minimum atomic E-state index is -0.121. The molecular formula is C24H27N3OS. The van der Waals surface area contributed by atoms with E-state index in [1.54, 1.807) is 0 Å². The molecule has 1 fully saturated rings. The summed E-state index contributed by atoms with van der Waals surface area (Å²) < 4.78 is 0. The second-order valence-electron chi connectivity index (χ2n) is 7.88. The van der Waals surface area contributed by atoms with Crippen molar-refractivity contribution in [3.63, 3.8) is 0 Å². The highest BCUT2D eigenvalue weighted by atomic mass is 32.2. The Morgan fingerprint density at radius 2 is 1.69 bits per heavy atom. The van der Waals surface area contributed by atoms with Crippen LogP contribution in [-0.4, -0.2) is 47.1 Å². The molecule has 2 aromatic carbocycles. The van der Waals surface area contributed by atoms with Gasteiger partial charge in [-0.15, -0.1) is 0 Å². The Bertz CT molecular complexity index is 911. The lowest BCUT2D eigenvalue weighted by molar-refractivity contribution is -0.113. The van der Waals surface area contributed by atoms with Crippen LogP contribution < -0.4 is 0 Å². The number of nitrogens with zero attached hydrogens (tertiary/aromatic N) is 3. The van der Waals surface area contributed by atoms with Crippen molar-refractivity contribution in [1.29, 1.82) is 0 Å². The molecule has 0 N–H and O–H groups in total. The zero-order valence-corrected chi connectivity index (χ0v) is 17.9. The van der Waals surface area contributed by atoms with Gasteiger partial charge in [0.1, 0.15) is 0 Å². The third-order valence-electron chi connectivity index (χ3n) is 5.40. The molecule has 0 unspecified atom stereocenters. The minimum absolute atomic E-state index is 0.121. The Hall–Kier alpha value is -2.37. The number of hydrogen-bond donors (Lipinski definition) is 0. The van der Waals surface area contributed by atoms with Gasteiger partial charge >= 0.3 is 0 Å². The maximum Gasteiger partial charge on any atom is 0.286 e. The number of aliphatic imine (C=N–C) groups is 1. The number of carbonyl (C=O) groups is 1. The van der Waals surface area contributed by atoms with E-state index in [4.69, 9.17) is 0 Å². The van der Waals surface area contributed by atoms with Gasteiger partial charge in [0.2, 0.25) is 0 Å². The first-order chi connectivity index (χ1) is 14.1. The van der Waals surface area contributed by atoms with Crippen molar-refractivity contribution < 1.29 is 4.79 Å². The number of amidine groups is 1. The average molecular weight is 406 g/mol. The molecule has 29 heavy (non-hydrogen) atoms. The molecule has 0 atom stereocenters. The third-order valence-corrected chi connectivity index (χ3v) is 6.45. The van der Waals surface area contributed by atoms with Crippen molar-refractivity contribution in [1.82, 2.24) is 9.80 Å². The van der Waals surface area contributed by atoms with E-state index in [0.717, 1.165) is 43.5 Å². The fourth-order valence-electron chi connectivity index (χ4n) is 3.60. The first-order valence-corrected chi connectivity index (χ1v) is 11.0. The van der Waals surface area contributed by atoms with Gasteiger partial charge in [-0.25, -0.2) is 0 Å². The molecule has 0 bridgehead atoms. The van der Waals surface area contributed by atoms with Gasteiger partial charge in [-0.3, -0.25) is 9.69 Å². The van der Waals surface area contributed by atoms with Crippen LogP contribution in [-0.2, 0) is 11.3 Å². The van der Waals surface area contributed by atoms with Crippen molar-refractivity contribution in [3.8, 4) is 0 Å². The Balaban J connectivity index is 1.34. The van der Waals surface area contributed by atoms with E-state index < -0.39 is 0 Å². The molecule has 0 spiro atoms. The van der Waals surface area contributed by atoms with Gasteiger partial charge in [0.05, 0.1) is 4.91 Å². The predicted molar refractivity (Wildman–Crippen MR) is 122 cm³/mol. The second kappa shape index (κ2) is 8.97. The highest BCUT2D eigenvalue weighted by Crippen LogP contribution is 2.31. The summed E-state index contributed by atoms with van der Waals surface area (Å²) in [6.45, 7) is 9.12. The lowest BCUT2D eigenvalue weighted by Crippen LogP contribution is -2.47. The fourth-order valence-corrected chi connectivity index (χ4v) is 4.57. The van der Waals surface area contributed by atoms with Gasteiger partial charge in [-0.05, 0) is 40.4 Å². The number of benzene rings is 2. The molecular weight excluding hydrogens is 378 g/mol. The van der Waals surface area contributed by atoms with Crippen LogP contribution in [0.1, 0.15) is 36.5 Å². The van der Waals surface area contributed by atoms with Crippen molar-refractivity contribution >= 4 is 28.9 Å². The molecule has 0 saturated carbocycles. The van der Waals surface area contributed by atoms with E-state index in [1.165, 1.54) is 22.9 Å². The number of thioether (sulfide) groups is 1. The number of amides is 1. The maximum atomic E-state index is 12.4. The SMILES string of the molecule is CC(C)c1ccc(C=C2SC(N3CCN(Cc4ccccc4)CC3)=NC2=O)cc1. The van der Waals surface area contributed by atoms with Crippen molar-refractivity contribution in [3.05, 3.63) is 76.2 Å².